The van der Waals surface area contributed by atoms with E-state index in [0.717, 1.165) is 4.47 Å². The number of phenols is 1. The van der Waals surface area contributed by atoms with Gasteiger partial charge in [0, 0.05) is 22.1 Å². The van der Waals surface area contributed by atoms with Gasteiger partial charge in [-0.2, -0.15) is 0 Å². The van der Waals surface area contributed by atoms with Crippen LogP contribution in [0.5, 0.6) is 5.75 Å². The average Bonchev–Trinajstić information content (AvgIpc) is 2.39. The highest BCUT2D eigenvalue weighted by atomic mass is 79.9. The Hall–Kier alpha value is -1.88. The van der Waals surface area contributed by atoms with Gasteiger partial charge in [0.25, 0.3) is 5.91 Å². The molecule has 2 aromatic rings. The standard InChI is InChI=1S/C15H13BrFNO2/c1-9-6-12(19)3-4-13(9)15(20)18-8-10-7-11(16)2-5-14(10)17/h2-7,19H,8H2,1H3,(H,18,20). The molecule has 0 saturated heterocycles. The number of rotatable bonds is 3. The maximum Gasteiger partial charge on any atom is 0.251 e. The molecule has 0 aliphatic heterocycles. The summed E-state index contributed by atoms with van der Waals surface area (Å²) in [4.78, 5) is 12.0. The number of amides is 1. The van der Waals surface area contributed by atoms with Crippen LogP contribution in [0.3, 0.4) is 0 Å². The summed E-state index contributed by atoms with van der Waals surface area (Å²) in [6.45, 7) is 1.83. The molecule has 0 aliphatic rings. The van der Waals surface area contributed by atoms with Crippen molar-refractivity contribution in [2.24, 2.45) is 0 Å². The molecule has 2 N–H and O–H groups in total. The zero-order valence-corrected chi connectivity index (χ0v) is 12.4. The lowest BCUT2D eigenvalue weighted by Crippen LogP contribution is -2.24. The summed E-state index contributed by atoms with van der Waals surface area (Å²) >= 11 is 3.26. The Bertz CT molecular complexity index is 658. The van der Waals surface area contributed by atoms with E-state index in [-0.39, 0.29) is 24.0 Å². The summed E-state index contributed by atoms with van der Waals surface area (Å²) in [5.74, 6) is -0.560. The molecule has 0 fully saturated rings. The van der Waals surface area contributed by atoms with E-state index >= 15 is 0 Å². The number of nitrogens with one attached hydrogen (secondary N) is 1. The molecule has 0 saturated carbocycles. The largest absolute Gasteiger partial charge is 0.508 e. The molecule has 0 heterocycles. The van der Waals surface area contributed by atoms with Gasteiger partial charge in [-0.05, 0) is 48.9 Å². The fourth-order valence-electron chi connectivity index (χ4n) is 1.85. The minimum absolute atomic E-state index is 0.102. The third kappa shape index (κ3) is 3.36. The number of phenolic OH excluding ortho intramolecular Hbond substituents is 1. The predicted octanol–water partition coefficient (Wildman–Crippen LogP) is 3.53. The zero-order chi connectivity index (χ0) is 14.7. The number of carbonyl (C=O) groups excluding carboxylic acids is 1. The van der Waals surface area contributed by atoms with Gasteiger partial charge in [0.1, 0.15) is 11.6 Å². The fraction of sp³-hybridized carbons (Fsp3) is 0.133. The molecule has 0 aliphatic carbocycles. The van der Waals surface area contributed by atoms with Gasteiger partial charge < -0.3 is 10.4 Å². The summed E-state index contributed by atoms with van der Waals surface area (Å²) < 4.78 is 14.3. The van der Waals surface area contributed by atoms with Crippen molar-refractivity contribution in [3.8, 4) is 5.75 Å². The van der Waals surface area contributed by atoms with Crippen molar-refractivity contribution >= 4 is 21.8 Å². The minimum Gasteiger partial charge on any atom is -0.508 e. The van der Waals surface area contributed by atoms with Crippen LogP contribution in [0.4, 0.5) is 4.39 Å². The first kappa shape index (κ1) is 14.5. The van der Waals surface area contributed by atoms with E-state index in [1.165, 1.54) is 24.3 Å². The van der Waals surface area contributed by atoms with Gasteiger partial charge >= 0.3 is 0 Å². The number of carbonyl (C=O) groups is 1. The second-order valence-corrected chi connectivity index (χ2v) is 5.33. The van der Waals surface area contributed by atoms with Crippen molar-refractivity contribution in [1.29, 1.82) is 0 Å². The highest BCUT2D eigenvalue weighted by Gasteiger charge is 2.10. The molecule has 0 atom stereocenters. The molecule has 3 nitrogen and oxygen atoms in total. The Morgan fingerprint density at radius 2 is 2.05 bits per heavy atom. The molecule has 0 radical (unpaired) electrons. The summed E-state index contributed by atoms with van der Waals surface area (Å²) in [7, 11) is 0. The number of halogens is 2. The van der Waals surface area contributed by atoms with Crippen molar-refractivity contribution in [2.75, 3.05) is 0 Å². The molecule has 20 heavy (non-hydrogen) atoms. The van der Waals surface area contributed by atoms with Crippen LogP contribution in [0.2, 0.25) is 0 Å². The van der Waals surface area contributed by atoms with Crippen LogP contribution < -0.4 is 5.32 Å². The summed E-state index contributed by atoms with van der Waals surface area (Å²) in [6, 6.07) is 9.06. The third-order valence-corrected chi connectivity index (χ3v) is 3.40. The zero-order valence-electron chi connectivity index (χ0n) is 10.8. The highest BCUT2D eigenvalue weighted by molar-refractivity contribution is 9.10. The normalized spacial score (nSPS) is 10.3. The van der Waals surface area contributed by atoms with Gasteiger partial charge in [0.2, 0.25) is 0 Å². The Labute approximate surface area is 124 Å². The van der Waals surface area contributed by atoms with E-state index in [1.54, 1.807) is 19.1 Å². The van der Waals surface area contributed by atoms with Gasteiger partial charge in [-0.25, -0.2) is 4.39 Å². The lowest BCUT2D eigenvalue weighted by atomic mass is 10.1. The minimum atomic E-state index is -0.365. The monoisotopic (exact) mass is 337 g/mol. The van der Waals surface area contributed by atoms with Gasteiger partial charge in [0.05, 0.1) is 0 Å². The lowest BCUT2D eigenvalue weighted by molar-refractivity contribution is 0.0950. The van der Waals surface area contributed by atoms with E-state index < -0.39 is 0 Å². The van der Waals surface area contributed by atoms with Crippen molar-refractivity contribution in [1.82, 2.24) is 5.32 Å². The summed E-state index contributed by atoms with van der Waals surface area (Å²) in [5, 5.41) is 12.0. The Morgan fingerprint density at radius 3 is 2.75 bits per heavy atom. The van der Waals surface area contributed by atoms with Gasteiger partial charge in [-0.15, -0.1) is 0 Å². The van der Waals surface area contributed by atoms with E-state index in [9.17, 15) is 14.3 Å². The maximum absolute atomic E-state index is 13.5. The van der Waals surface area contributed by atoms with Crippen LogP contribution in [0, 0.1) is 12.7 Å². The molecule has 104 valence electrons. The molecule has 1 amide bonds. The van der Waals surface area contributed by atoms with Crippen LogP contribution in [0.15, 0.2) is 40.9 Å². The SMILES string of the molecule is Cc1cc(O)ccc1C(=O)NCc1cc(Br)ccc1F. The molecule has 0 spiro atoms. The molecular weight excluding hydrogens is 325 g/mol. The fourth-order valence-corrected chi connectivity index (χ4v) is 2.26. The van der Waals surface area contributed by atoms with Crippen molar-refractivity contribution in [2.45, 2.75) is 13.5 Å². The Kier molecular flexibility index (Phi) is 4.39. The van der Waals surface area contributed by atoms with Gasteiger partial charge in [0.15, 0.2) is 0 Å². The van der Waals surface area contributed by atoms with Gasteiger partial charge in [-0.3, -0.25) is 4.79 Å². The number of hydrogen-bond acceptors (Lipinski definition) is 2. The Balaban J connectivity index is 2.10. The predicted molar refractivity (Wildman–Crippen MR) is 78.1 cm³/mol. The number of hydrogen-bond donors (Lipinski definition) is 2. The van der Waals surface area contributed by atoms with Crippen molar-refractivity contribution in [3.63, 3.8) is 0 Å². The van der Waals surface area contributed by atoms with Gasteiger partial charge in [-0.1, -0.05) is 15.9 Å². The molecule has 2 rings (SSSR count). The first-order valence-electron chi connectivity index (χ1n) is 5.99. The van der Waals surface area contributed by atoms with E-state index in [1.807, 2.05) is 0 Å². The topological polar surface area (TPSA) is 49.3 Å². The third-order valence-electron chi connectivity index (χ3n) is 2.90. The number of benzene rings is 2. The first-order chi connectivity index (χ1) is 9.47. The highest BCUT2D eigenvalue weighted by Crippen LogP contribution is 2.17. The molecule has 0 unspecified atom stereocenters. The second-order valence-electron chi connectivity index (χ2n) is 4.42. The molecule has 0 aromatic heterocycles. The first-order valence-corrected chi connectivity index (χ1v) is 6.78. The number of aromatic hydroxyl groups is 1. The summed E-state index contributed by atoms with van der Waals surface area (Å²) in [6.07, 6.45) is 0. The molecule has 2 aromatic carbocycles. The Morgan fingerprint density at radius 1 is 1.30 bits per heavy atom. The van der Waals surface area contributed by atoms with E-state index in [4.69, 9.17) is 0 Å². The van der Waals surface area contributed by atoms with Crippen molar-refractivity contribution in [3.05, 3.63) is 63.4 Å². The second kappa shape index (κ2) is 6.05. The molecule has 0 bridgehead atoms. The smallest absolute Gasteiger partial charge is 0.251 e. The summed E-state index contributed by atoms with van der Waals surface area (Å²) in [5.41, 5.74) is 1.53. The quantitative estimate of drug-likeness (QED) is 0.900. The lowest BCUT2D eigenvalue weighted by Gasteiger charge is -2.09. The van der Waals surface area contributed by atoms with Crippen LogP contribution >= 0.6 is 15.9 Å². The molecule has 5 heteroatoms. The maximum atomic E-state index is 13.5. The van der Waals surface area contributed by atoms with Crippen molar-refractivity contribution < 1.29 is 14.3 Å². The van der Waals surface area contributed by atoms with Crippen LogP contribution in [-0.4, -0.2) is 11.0 Å². The van der Waals surface area contributed by atoms with Crippen LogP contribution in [-0.2, 0) is 6.54 Å². The number of aryl methyl sites for hydroxylation is 1. The van der Waals surface area contributed by atoms with Crippen LogP contribution in [0.25, 0.3) is 0 Å². The van der Waals surface area contributed by atoms with E-state index in [2.05, 4.69) is 21.2 Å². The van der Waals surface area contributed by atoms with E-state index in [0.29, 0.717) is 16.7 Å². The van der Waals surface area contributed by atoms with Crippen LogP contribution in [0.1, 0.15) is 21.5 Å². The average molecular weight is 338 g/mol. The molecular formula is C15H13BrFNO2.